The van der Waals surface area contributed by atoms with Crippen LogP contribution in [0.25, 0.3) is 5.69 Å². The van der Waals surface area contributed by atoms with Crippen LogP contribution in [-0.2, 0) is 13.1 Å². The highest BCUT2D eigenvalue weighted by molar-refractivity contribution is 6.35. The van der Waals surface area contributed by atoms with Gasteiger partial charge in [-0.15, -0.1) is 0 Å². The number of aromatic nitrogens is 3. The van der Waals surface area contributed by atoms with E-state index >= 15 is 0 Å². The molecule has 0 N–H and O–H groups in total. The van der Waals surface area contributed by atoms with E-state index in [4.69, 9.17) is 16.3 Å². The Kier molecular flexibility index (Phi) is 5.76. The third-order valence-electron chi connectivity index (χ3n) is 5.27. The number of amides is 1. The fraction of sp³-hybridized carbons (Fsp3) is 0.273. The Morgan fingerprint density at radius 1 is 1.30 bits per heavy atom. The lowest BCUT2D eigenvalue weighted by atomic mass is 10.1. The van der Waals surface area contributed by atoms with Crippen molar-refractivity contribution in [3.8, 4) is 17.5 Å². The Hall–Kier alpha value is -3.58. The maximum atomic E-state index is 13.4. The Morgan fingerprint density at radius 3 is 2.73 bits per heavy atom. The predicted molar refractivity (Wildman–Crippen MR) is 112 cm³/mol. The maximum absolute atomic E-state index is 13.4. The molecule has 1 aliphatic rings. The summed E-state index contributed by atoms with van der Waals surface area (Å²) in [7, 11) is 0. The van der Waals surface area contributed by atoms with Gasteiger partial charge < -0.3 is 9.64 Å². The van der Waals surface area contributed by atoms with Gasteiger partial charge in [-0.3, -0.25) is 9.78 Å². The summed E-state index contributed by atoms with van der Waals surface area (Å²) in [5.41, 5.74) is 2.79. The molecule has 3 heterocycles. The van der Waals surface area contributed by atoms with Gasteiger partial charge in [-0.2, -0.15) is 23.5 Å². The standard InChI is InChI=1S/C22H17ClF3N5O2/c1-12-7-16(5-6-28-12)31-17-11-30(10-15(17)9-29-31)21(32)19-18(33-13(2)22(24,25)26)4-3-14(8-27)20(19)23/h3-7,9,13H,10-11H2,1-2H3. The highest BCUT2D eigenvalue weighted by atomic mass is 35.5. The van der Waals surface area contributed by atoms with Gasteiger partial charge >= 0.3 is 6.18 Å². The van der Waals surface area contributed by atoms with E-state index in [1.165, 1.54) is 11.0 Å². The van der Waals surface area contributed by atoms with E-state index in [9.17, 15) is 23.2 Å². The summed E-state index contributed by atoms with van der Waals surface area (Å²) < 4.78 is 45.9. The molecule has 0 saturated carbocycles. The van der Waals surface area contributed by atoms with Crippen LogP contribution >= 0.6 is 11.6 Å². The zero-order valence-electron chi connectivity index (χ0n) is 17.5. The molecule has 0 radical (unpaired) electrons. The molecule has 4 rings (SSSR count). The number of halogens is 4. The first kappa shape index (κ1) is 22.6. The number of carbonyl (C=O) groups excluding carboxylic acids is 1. The number of rotatable bonds is 4. The molecule has 170 valence electrons. The molecule has 11 heteroatoms. The largest absolute Gasteiger partial charge is 0.480 e. The number of ether oxygens (including phenoxy) is 1. The lowest BCUT2D eigenvalue weighted by Gasteiger charge is -2.23. The molecule has 0 fully saturated rings. The van der Waals surface area contributed by atoms with Crippen molar-refractivity contribution in [2.75, 3.05) is 0 Å². The van der Waals surface area contributed by atoms with Gasteiger partial charge in [0.25, 0.3) is 5.91 Å². The van der Waals surface area contributed by atoms with Crippen LogP contribution < -0.4 is 4.74 Å². The third kappa shape index (κ3) is 4.24. The van der Waals surface area contributed by atoms with Crippen LogP contribution in [0.5, 0.6) is 5.75 Å². The van der Waals surface area contributed by atoms with E-state index in [0.29, 0.717) is 0 Å². The van der Waals surface area contributed by atoms with Gasteiger partial charge in [-0.25, -0.2) is 4.68 Å². The van der Waals surface area contributed by atoms with Crippen LogP contribution in [0.3, 0.4) is 0 Å². The fourth-order valence-electron chi connectivity index (χ4n) is 3.54. The number of nitriles is 1. The van der Waals surface area contributed by atoms with Gasteiger partial charge in [0.2, 0.25) is 0 Å². The Labute approximate surface area is 192 Å². The molecule has 2 aromatic heterocycles. The molecular formula is C22H17ClF3N5O2. The minimum Gasteiger partial charge on any atom is -0.480 e. The summed E-state index contributed by atoms with van der Waals surface area (Å²) in [5.74, 6) is -0.980. The van der Waals surface area contributed by atoms with Gasteiger partial charge in [0.05, 0.1) is 34.7 Å². The van der Waals surface area contributed by atoms with Crippen molar-refractivity contribution >= 4 is 17.5 Å². The molecule has 7 nitrogen and oxygen atoms in total. The third-order valence-corrected chi connectivity index (χ3v) is 5.66. The van der Waals surface area contributed by atoms with Crippen molar-refractivity contribution in [3.05, 3.63) is 69.8 Å². The highest BCUT2D eigenvalue weighted by Gasteiger charge is 2.39. The smallest absolute Gasteiger partial charge is 0.425 e. The normalized spacial score (nSPS) is 14.0. The van der Waals surface area contributed by atoms with E-state index in [2.05, 4.69) is 10.1 Å². The van der Waals surface area contributed by atoms with Crippen LogP contribution in [0.15, 0.2) is 36.7 Å². The van der Waals surface area contributed by atoms with Crippen LogP contribution in [0.2, 0.25) is 5.02 Å². The summed E-state index contributed by atoms with van der Waals surface area (Å²) in [5, 5.41) is 13.4. The molecular weight excluding hydrogens is 459 g/mol. The zero-order chi connectivity index (χ0) is 23.9. The van der Waals surface area contributed by atoms with E-state index in [1.807, 2.05) is 19.1 Å². The highest BCUT2D eigenvalue weighted by Crippen LogP contribution is 2.36. The number of alkyl halides is 3. The van der Waals surface area contributed by atoms with Gasteiger partial charge in [0.1, 0.15) is 17.4 Å². The van der Waals surface area contributed by atoms with Gasteiger partial charge in [-0.05, 0) is 38.1 Å². The van der Waals surface area contributed by atoms with E-state index in [1.54, 1.807) is 23.1 Å². The van der Waals surface area contributed by atoms with Crippen LogP contribution in [0, 0.1) is 18.3 Å². The number of pyridine rings is 1. The average Bonchev–Trinajstić information content (AvgIpc) is 3.34. The maximum Gasteiger partial charge on any atom is 0.425 e. The lowest BCUT2D eigenvalue weighted by Crippen LogP contribution is -2.33. The van der Waals surface area contributed by atoms with Crippen molar-refractivity contribution in [1.82, 2.24) is 19.7 Å². The van der Waals surface area contributed by atoms with Gasteiger partial charge in [-0.1, -0.05) is 11.6 Å². The van der Waals surface area contributed by atoms with E-state index in [0.717, 1.165) is 35.6 Å². The Balaban J connectivity index is 1.67. The number of nitrogens with zero attached hydrogens (tertiary/aromatic N) is 5. The van der Waals surface area contributed by atoms with E-state index < -0.39 is 18.2 Å². The first-order valence-electron chi connectivity index (χ1n) is 9.84. The van der Waals surface area contributed by atoms with E-state index in [-0.39, 0.29) is 35.0 Å². The van der Waals surface area contributed by atoms with Gasteiger partial charge in [0.15, 0.2) is 6.10 Å². The molecule has 1 atom stereocenters. The molecule has 0 saturated heterocycles. The molecule has 1 aromatic carbocycles. The predicted octanol–water partition coefficient (Wildman–Crippen LogP) is 4.59. The topological polar surface area (TPSA) is 84.0 Å². The van der Waals surface area contributed by atoms with Crippen LogP contribution in [0.4, 0.5) is 13.2 Å². The number of carbonyl (C=O) groups is 1. The SMILES string of the molecule is Cc1cc(-n2ncc3c2CN(C(=O)c2c(OC(C)C(F)(F)F)ccc(C#N)c2Cl)C3)ccn1. The second-order valence-corrected chi connectivity index (χ2v) is 7.94. The number of hydrogen-bond acceptors (Lipinski definition) is 5. The number of benzene rings is 1. The Morgan fingerprint density at radius 2 is 2.06 bits per heavy atom. The molecule has 0 spiro atoms. The summed E-state index contributed by atoms with van der Waals surface area (Å²) >= 11 is 6.26. The molecule has 3 aromatic rings. The quantitative estimate of drug-likeness (QED) is 0.551. The van der Waals surface area contributed by atoms with Crippen molar-refractivity contribution in [2.24, 2.45) is 0 Å². The monoisotopic (exact) mass is 475 g/mol. The minimum absolute atomic E-state index is 0.0397. The molecule has 1 unspecified atom stereocenters. The summed E-state index contributed by atoms with van der Waals surface area (Å²) in [6.07, 6.45) is -3.53. The fourth-order valence-corrected chi connectivity index (χ4v) is 3.82. The molecule has 0 bridgehead atoms. The van der Waals surface area contributed by atoms with Crippen molar-refractivity contribution < 1.29 is 22.7 Å². The first-order valence-corrected chi connectivity index (χ1v) is 10.2. The second-order valence-electron chi connectivity index (χ2n) is 7.56. The first-order chi connectivity index (χ1) is 15.6. The zero-order valence-corrected chi connectivity index (χ0v) is 18.3. The molecule has 0 aliphatic carbocycles. The van der Waals surface area contributed by atoms with Crippen molar-refractivity contribution in [3.63, 3.8) is 0 Å². The molecule has 33 heavy (non-hydrogen) atoms. The lowest BCUT2D eigenvalue weighted by molar-refractivity contribution is -0.189. The summed E-state index contributed by atoms with van der Waals surface area (Å²) in [6, 6.07) is 7.84. The second kappa shape index (κ2) is 8.41. The number of fused-ring (bicyclic) bond motifs is 1. The minimum atomic E-state index is -4.64. The van der Waals surface area contributed by atoms with Crippen molar-refractivity contribution in [1.29, 1.82) is 5.26 Å². The average molecular weight is 476 g/mol. The summed E-state index contributed by atoms with van der Waals surface area (Å²) in [4.78, 5) is 19.0. The van der Waals surface area contributed by atoms with Gasteiger partial charge in [0, 0.05) is 24.0 Å². The molecule has 1 amide bonds. The van der Waals surface area contributed by atoms with Crippen LogP contribution in [-0.4, -0.2) is 37.9 Å². The molecule has 1 aliphatic heterocycles. The number of hydrogen-bond donors (Lipinski definition) is 0. The van der Waals surface area contributed by atoms with Crippen LogP contribution in [0.1, 0.15) is 39.8 Å². The summed E-state index contributed by atoms with van der Waals surface area (Å²) in [6.45, 7) is 3.00. The number of aryl methyl sites for hydroxylation is 1. The Bertz CT molecular complexity index is 1280. The van der Waals surface area contributed by atoms with Crippen molar-refractivity contribution in [2.45, 2.75) is 39.2 Å².